The zero-order valence-electron chi connectivity index (χ0n) is 16.1. The molecule has 154 valence electrons. The molecular formula is C23H20Cl2N2O2S. The van der Waals surface area contributed by atoms with E-state index in [1.165, 1.54) is 0 Å². The van der Waals surface area contributed by atoms with E-state index in [0.717, 1.165) is 16.0 Å². The number of hydrogen-bond donors (Lipinski definition) is 1. The fourth-order valence-electron chi connectivity index (χ4n) is 2.51. The van der Waals surface area contributed by atoms with Crippen LogP contribution in [0.2, 0.25) is 10.0 Å². The first kappa shape index (κ1) is 22.2. The average molecular weight is 459 g/mol. The lowest BCUT2D eigenvalue weighted by Gasteiger charge is -2.10. The van der Waals surface area contributed by atoms with Gasteiger partial charge in [-0.15, -0.1) is 11.8 Å². The van der Waals surface area contributed by atoms with E-state index in [4.69, 9.17) is 27.9 Å². The first-order chi connectivity index (χ1) is 14.6. The smallest absolute Gasteiger partial charge is 0.240 e. The Morgan fingerprint density at radius 1 is 1.00 bits per heavy atom. The summed E-state index contributed by atoms with van der Waals surface area (Å²) in [5.74, 6) is 1.16. The second-order valence-corrected chi connectivity index (χ2v) is 8.28. The van der Waals surface area contributed by atoms with Gasteiger partial charge in [-0.2, -0.15) is 5.10 Å². The molecule has 0 aliphatic carbocycles. The number of halogens is 2. The summed E-state index contributed by atoms with van der Waals surface area (Å²) in [6.07, 6.45) is 1.93. The quantitative estimate of drug-likeness (QED) is 0.235. The lowest BCUT2D eigenvalue weighted by molar-refractivity contribution is -0.120. The van der Waals surface area contributed by atoms with E-state index in [0.29, 0.717) is 34.6 Å². The van der Waals surface area contributed by atoms with Gasteiger partial charge in [0.15, 0.2) is 0 Å². The summed E-state index contributed by atoms with van der Waals surface area (Å²) >= 11 is 13.6. The Kier molecular flexibility index (Phi) is 8.63. The predicted octanol–water partition coefficient (Wildman–Crippen LogP) is 6.20. The lowest BCUT2D eigenvalue weighted by atomic mass is 10.2. The second-order valence-electron chi connectivity index (χ2n) is 6.26. The number of ether oxygens (including phenoxy) is 1. The summed E-state index contributed by atoms with van der Waals surface area (Å²) in [4.78, 5) is 13.1. The molecule has 0 saturated heterocycles. The first-order valence-corrected chi connectivity index (χ1v) is 11.0. The van der Waals surface area contributed by atoms with E-state index >= 15 is 0 Å². The standard InChI is InChI=1S/C23H20Cl2N2O2S/c24-19-9-11-20(12-10-19)30-14-13-23(28)27-26-15-17-5-2-4-8-22(17)29-16-18-6-1-3-7-21(18)25/h1-12,15H,13-14,16H2,(H,27,28)/b26-15-. The number of nitrogens with zero attached hydrogens (tertiary/aromatic N) is 1. The maximum absolute atomic E-state index is 12.0. The highest BCUT2D eigenvalue weighted by Gasteiger charge is 2.05. The van der Waals surface area contributed by atoms with Gasteiger partial charge in [-0.25, -0.2) is 5.43 Å². The molecule has 0 unspecified atom stereocenters. The molecular weight excluding hydrogens is 439 g/mol. The highest BCUT2D eigenvalue weighted by molar-refractivity contribution is 7.99. The minimum absolute atomic E-state index is 0.151. The molecule has 0 radical (unpaired) electrons. The number of hydrazone groups is 1. The zero-order chi connectivity index (χ0) is 21.2. The number of hydrogen-bond acceptors (Lipinski definition) is 4. The van der Waals surface area contributed by atoms with Gasteiger partial charge in [-0.05, 0) is 42.5 Å². The van der Waals surface area contributed by atoms with Gasteiger partial charge in [0.1, 0.15) is 12.4 Å². The molecule has 0 aromatic heterocycles. The summed E-state index contributed by atoms with van der Waals surface area (Å²) in [5.41, 5.74) is 4.22. The van der Waals surface area contributed by atoms with Crippen molar-refractivity contribution in [3.05, 3.63) is 94.0 Å². The summed E-state index contributed by atoms with van der Waals surface area (Å²) in [6, 6.07) is 22.6. The minimum Gasteiger partial charge on any atom is -0.488 e. The van der Waals surface area contributed by atoms with E-state index in [-0.39, 0.29) is 5.91 Å². The number of carbonyl (C=O) groups is 1. The Hall–Kier alpha value is -2.47. The Labute approximate surface area is 190 Å². The molecule has 0 aliphatic rings. The van der Waals surface area contributed by atoms with Crippen molar-refractivity contribution in [1.82, 2.24) is 5.43 Å². The molecule has 7 heteroatoms. The summed E-state index contributed by atoms with van der Waals surface area (Å²) < 4.78 is 5.88. The first-order valence-electron chi connectivity index (χ1n) is 9.27. The molecule has 0 atom stereocenters. The fraction of sp³-hybridized carbons (Fsp3) is 0.130. The van der Waals surface area contributed by atoms with Crippen molar-refractivity contribution in [3.63, 3.8) is 0 Å². The van der Waals surface area contributed by atoms with Gasteiger partial charge in [0.25, 0.3) is 0 Å². The van der Waals surface area contributed by atoms with Gasteiger partial charge in [0, 0.05) is 38.2 Å². The van der Waals surface area contributed by atoms with Gasteiger partial charge in [-0.3, -0.25) is 4.79 Å². The van der Waals surface area contributed by atoms with Crippen molar-refractivity contribution in [2.45, 2.75) is 17.9 Å². The molecule has 3 rings (SSSR count). The number of thioether (sulfide) groups is 1. The van der Waals surface area contributed by atoms with Crippen LogP contribution in [-0.4, -0.2) is 17.9 Å². The third-order valence-corrected chi connectivity index (χ3v) is 5.70. The van der Waals surface area contributed by atoms with Crippen LogP contribution in [0.25, 0.3) is 0 Å². The monoisotopic (exact) mass is 458 g/mol. The highest BCUT2D eigenvalue weighted by atomic mass is 35.5. The van der Waals surface area contributed by atoms with Crippen LogP contribution in [-0.2, 0) is 11.4 Å². The van der Waals surface area contributed by atoms with Crippen LogP contribution in [0.5, 0.6) is 5.75 Å². The van der Waals surface area contributed by atoms with Crippen LogP contribution in [0.3, 0.4) is 0 Å². The van der Waals surface area contributed by atoms with Crippen molar-refractivity contribution in [2.75, 3.05) is 5.75 Å². The Morgan fingerprint density at radius 2 is 1.73 bits per heavy atom. The fourth-order valence-corrected chi connectivity index (χ4v) is 3.68. The highest BCUT2D eigenvalue weighted by Crippen LogP contribution is 2.22. The van der Waals surface area contributed by atoms with E-state index in [1.54, 1.807) is 18.0 Å². The molecule has 0 bridgehead atoms. The zero-order valence-corrected chi connectivity index (χ0v) is 18.4. The van der Waals surface area contributed by atoms with Gasteiger partial charge in [-0.1, -0.05) is 53.5 Å². The normalized spacial score (nSPS) is 10.9. The summed E-state index contributed by atoms with van der Waals surface area (Å²) in [5, 5.41) is 5.41. The number of para-hydroxylation sites is 1. The van der Waals surface area contributed by atoms with Gasteiger partial charge in [0.2, 0.25) is 5.91 Å². The van der Waals surface area contributed by atoms with Crippen LogP contribution in [0.4, 0.5) is 0 Å². The van der Waals surface area contributed by atoms with Crippen LogP contribution in [0.15, 0.2) is 82.8 Å². The van der Waals surface area contributed by atoms with Crippen molar-refractivity contribution in [1.29, 1.82) is 0 Å². The molecule has 0 saturated carbocycles. The Bertz CT molecular complexity index is 1010. The Balaban J connectivity index is 1.47. The molecule has 4 nitrogen and oxygen atoms in total. The summed E-state index contributed by atoms with van der Waals surface area (Å²) in [7, 11) is 0. The predicted molar refractivity (Wildman–Crippen MR) is 125 cm³/mol. The number of nitrogens with one attached hydrogen (secondary N) is 1. The molecule has 3 aromatic carbocycles. The number of benzene rings is 3. The van der Waals surface area contributed by atoms with E-state index in [1.807, 2.05) is 72.8 Å². The van der Waals surface area contributed by atoms with E-state index in [9.17, 15) is 4.79 Å². The second kappa shape index (κ2) is 11.6. The number of amides is 1. The SMILES string of the molecule is O=C(CCSc1ccc(Cl)cc1)N/N=C\c1ccccc1OCc1ccccc1Cl. The minimum atomic E-state index is -0.151. The van der Waals surface area contributed by atoms with E-state index < -0.39 is 0 Å². The molecule has 0 spiro atoms. The average Bonchev–Trinajstić information content (AvgIpc) is 2.75. The van der Waals surface area contributed by atoms with Crippen LogP contribution in [0.1, 0.15) is 17.5 Å². The largest absolute Gasteiger partial charge is 0.488 e. The van der Waals surface area contributed by atoms with Gasteiger partial charge >= 0.3 is 0 Å². The van der Waals surface area contributed by atoms with Crippen molar-refractivity contribution >= 4 is 47.1 Å². The molecule has 3 aromatic rings. The van der Waals surface area contributed by atoms with Crippen molar-refractivity contribution in [2.24, 2.45) is 5.10 Å². The maximum atomic E-state index is 12.0. The molecule has 0 heterocycles. The lowest BCUT2D eigenvalue weighted by Crippen LogP contribution is -2.17. The van der Waals surface area contributed by atoms with Crippen LogP contribution < -0.4 is 10.2 Å². The number of rotatable bonds is 9. The van der Waals surface area contributed by atoms with Crippen LogP contribution >= 0.6 is 35.0 Å². The van der Waals surface area contributed by atoms with E-state index in [2.05, 4.69) is 10.5 Å². The summed E-state index contributed by atoms with van der Waals surface area (Å²) in [6.45, 7) is 0.346. The van der Waals surface area contributed by atoms with Crippen LogP contribution in [0, 0.1) is 0 Å². The maximum Gasteiger partial charge on any atom is 0.240 e. The molecule has 30 heavy (non-hydrogen) atoms. The third kappa shape index (κ3) is 7.10. The van der Waals surface area contributed by atoms with Gasteiger partial charge in [0.05, 0.1) is 6.21 Å². The molecule has 1 N–H and O–H groups in total. The third-order valence-electron chi connectivity index (χ3n) is 4.06. The molecule has 0 fully saturated rings. The molecule has 0 aliphatic heterocycles. The number of carbonyl (C=O) groups excluding carboxylic acids is 1. The van der Waals surface area contributed by atoms with Crippen molar-refractivity contribution in [3.8, 4) is 5.75 Å². The topological polar surface area (TPSA) is 50.7 Å². The van der Waals surface area contributed by atoms with Gasteiger partial charge < -0.3 is 4.74 Å². The molecule has 1 amide bonds. The van der Waals surface area contributed by atoms with Crippen molar-refractivity contribution < 1.29 is 9.53 Å². The Morgan fingerprint density at radius 3 is 2.53 bits per heavy atom.